The van der Waals surface area contributed by atoms with Crippen molar-refractivity contribution in [1.82, 2.24) is 5.32 Å². The molecule has 1 aromatic carbocycles. The van der Waals surface area contributed by atoms with Gasteiger partial charge < -0.3 is 15.0 Å². The van der Waals surface area contributed by atoms with Gasteiger partial charge in [0.15, 0.2) is 6.61 Å². The number of nitrogens with one attached hydrogen (secondary N) is 1. The van der Waals surface area contributed by atoms with Crippen molar-refractivity contribution in [2.45, 2.75) is 25.7 Å². The Morgan fingerprint density at radius 1 is 1.27 bits per heavy atom. The molecule has 2 rings (SSSR count). The van der Waals surface area contributed by atoms with Crippen molar-refractivity contribution in [3.05, 3.63) is 33.9 Å². The fourth-order valence-corrected chi connectivity index (χ4v) is 2.79. The summed E-state index contributed by atoms with van der Waals surface area (Å²) < 4.78 is 4.87. The molecule has 0 aromatic heterocycles. The van der Waals surface area contributed by atoms with Crippen LogP contribution in [0.3, 0.4) is 0 Å². The minimum atomic E-state index is -0.800. The molecule has 1 aliphatic heterocycles. The number of esters is 1. The van der Waals surface area contributed by atoms with Gasteiger partial charge in [-0.15, -0.1) is 6.42 Å². The molecule has 138 valence electrons. The Labute approximate surface area is 151 Å². The largest absolute Gasteiger partial charge is 0.452 e. The van der Waals surface area contributed by atoms with Crippen LogP contribution in [0, 0.1) is 22.5 Å². The van der Waals surface area contributed by atoms with E-state index < -0.39 is 23.4 Å². The number of ether oxygens (including phenoxy) is 1. The Bertz CT molecular complexity index is 718. The Balaban J connectivity index is 2.11. The first-order chi connectivity index (χ1) is 12.5. The summed E-state index contributed by atoms with van der Waals surface area (Å²) in [7, 11) is 0. The standard InChI is InChI=1S/C18H21N3O5/c1-2-9-19-17(22)13-26-18(23)14-7-8-15(16(12-14)21(24)25)20-10-5-3-4-6-11-20/h1,7-8,12H,3-6,9-11,13H2,(H,19,22). The minimum absolute atomic E-state index is 0.0278. The van der Waals surface area contributed by atoms with Crippen LogP contribution in [-0.4, -0.2) is 43.0 Å². The number of benzene rings is 1. The lowest BCUT2D eigenvalue weighted by atomic mass is 10.1. The molecule has 1 heterocycles. The number of carbonyl (C=O) groups excluding carboxylic acids is 2. The molecule has 0 aliphatic carbocycles. The van der Waals surface area contributed by atoms with Crippen molar-refractivity contribution in [3.63, 3.8) is 0 Å². The van der Waals surface area contributed by atoms with Gasteiger partial charge in [0.25, 0.3) is 11.6 Å². The van der Waals surface area contributed by atoms with Crippen LogP contribution in [0.15, 0.2) is 18.2 Å². The SMILES string of the molecule is C#CCNC(=O)COC(=O)c1ccc(N2CCCCCC2)c([N+](=O)[O-])c1. The topological polar surface area (TPSA) is 102 Å². The first kappa shape index (κ1) is 19.2. The zero-order valence-corrected chi connectivity index (χ0v) is 14.4. The van der Waals surface area contributed by atoms with Crippen LogP contribution in [0.2, 0.25) is 0 Å². The van der Waals surface area contributed by atoms with Gasteiger partial charge in [-0.1, -0.05) is 18.8 Å². The molecule has 0 spiro atoms. The van der Waals surface area contributed by atoms with E-state index in [0.717, 1.165) is 38.8 Å². The third kappa shape index (κ3) is 5.21. The van der Waals surface area contributed by atoms with Crippen LogP contribution in [0.25, 0.3) is 0 Å². The zero-order valence-electron chi connectivity index (χ0n) is 14.4. The van der Waals surface area contributed by atoms with Crippen LogP contribution in [0.4, 0.5) is 11.4 Å². The highest BCUT2D eigenvalue weighted by molar-refractivity contribution is 5.93. The van der Waals surface area contributed by atoms with Gasteiger partial charge in [-0.25, -0.2) is 4.79 Å². The van der Waals surface area contributed by atoms with Gasteiger partial charge in [0.05, 0.1) is 17.0 Å². The Morgan fingerprint density at radius 2 is 1.96 bits per heavy atom. The Hall–Kier alpha value is -3.08. The summed E-state index contributed by atoms with van der Waals surface area (Å²) in [6.07, 6.45) is 9.19. The number of hydrogen-bond donors (Lipinski definition) is 1. The first-order valence-electron chi connectivity index (χ1n) is 8.43. The second-order valence-electron chi connectivity index (χ2n) is 5.92. The van der Waals surface area contributed by atoms with Gasteiger partial charge >= 0.3 is 5.97 Å². The van der Waals surface area contributed by atoms with Crippen LogP contribution >= 0.6 is 0 Å². The molecule has 8 heteroatoms. The zero-order chi connectivity index (χ0) is 18.9. The molecule has 1 fully saturated rings. The number of hydrogen-bond acceptors (Lipinski definition) is 6. The number of anilines is 1. The minimum Gasteiger partial charge on any atom is -0.452 e. The average Bonchev–Trinajstić information content (AvgIpc) is 2.93. The van der Waals surface area contributed by atoms with E-state index in [2.05, 4.69) is 11.2 Å². The van der Waals surface area contributed by atoms with Gasteiger partial charge in [0.1, 0.15) is 5.69 Å². The number of rotatable bonds is 6. The molecular formula is C18H21N3O5. The monoisotopic (exact) mass is 359 g/mol. The maximum Gasteiger partial charge on any atom is 0.338 e. The molecule has 0 unspecified atom stereocenters. The van der Waals surface area contributed by atoms with Crippen LogP contribution in [0.1, 0.15) is 36.0 Å². The van der Waals surface area contributed by atoms with Crippen molar-refractivity contribution in [2.75, 3.05) is 31.1 Å². The fraction of sp³-hybridized carbons (Fsp3) is 0.444. The third-order valence-corrected chi connectivity index (χ3v) is 4.08. The highest BCUT2D eigenvalue weighted by Gasteiger charge is 2.23. The van der Waals surface area contributed by atoms with E-state index in [1.165, 1.54) is 12.1 Å². The molecule has 8 nitrogen and oxygen atoms in total. The smallest absolute Gasteiger partial charge is 0.338 e. The highest BCUT2D eigenvalue weighted by Crippen LogP contribution is 2.31. The Morgan fingerprint density at radius 3 is 2.58 bits per heavy atom. The van der Waals surface area contributed by atoms with Crippen molar-refractivity contribution >= 4 is 23.3 Å². The summed E-state index contributed by atoms with van der Waals surface area (Å²) in [5, 5.41) is 13.8. The molecular weight excluding hydrogens is 338 g/mol. The lowest BCUT2D eigenvalue weighted by Crippen LogP contribution is -2.29. The lowest BCUT2D eigenvalue weighted by Gasteiger charge is -2.22. The molecule has 1 N–H and O–H groups in total. The number of amides is 1. The average molecular weight is 359 g/mol. The quantitative estimate of drug-likeness (QED) is 0.360. The van der Waals surface area contributed by atoms with Crippen LogP contribution in [-0.2, 0) is 9.53 Å². The molecule has 1 aliphatic rings. The van der Waals surface area contributed by atoms with Gasteiger partial charge in [0.2, 0.25) is 0 Å². The predicted molar refractivity (Wildman–Crippen MR) is 95.9 cm³/mol. The maximum atomic E-state index is 12.1. The van der Waals surface area contributed by atoms with Crippen molar-refractivity contribution in [1.29, 1.82) is 0 Å². The molecule has 0 atom stereocenters. The number of terminal acetylenes is 1. The highest BCUT2D eigenvalue weighted by atomic mass is 16.6. The summed E-state index contributed by atoms with van der Waals surface area (Å²) in [6, 6.07) is 4.25. The fourth-order valence-electron chi connectivity index (χ4n) is 2.79. The van der Waals surface area contributed by atoms with Crippen molar-refractivity contribution < 1.29 is 19.2 Å². The molecule has 1 amide bonds. The first-order valence-corrected chi connectivity index (χ1v) is 8.43. The number of nitro benzene ring substituents is 1. The molecule has 1 saturated heterocycles. The lowest BCUT2D eigenvalue weighted by molar-refractivity contribution is -0.384. The van der Waals surface area contributed by atoms with Gasteiger partial charge in [-0.2, -0.15) is 0 Å². The van der Waals surface area contributed by atoms with Gasteiger partial charge in [-0.3, -0.25) is 14.9 Å². The van der Waals surface area contributed by atoms with Crippen molar-refractivity contribution in [3.8, 4) is 12.3 Å². The second-order valence-corrected chi connectivity index (χ2v) is 5.92. The Kier molecular flexibility index (Phi) is 6.97. The van der Waals surface area contributed by atoms with E-state index in [9.17, 15) is 19.7 Å². The third-order valence-electron chi connectivity index (χ3n) is 4.08. The summed E-state index contributed by atoms with van der Waals surface area (Å²) in [5.41, 5.74) is 0.387. The van der Waals surface area contributed by atoms with Gasteiger partial charge in [-0.05, 0) is 25.0 Å². The number of carbonyl (C=O) groups is 2. The van der Waals surface area contributed by atoms with Crippen LogP contribution < -0.4 is 10.2 Å². The summed E-state index contributed by atoms with van der Waals surface area (Å²) in [6.45, 7) is 1.04. The number of nitro groups is 1. The van der Waals surface area contributed by atoms with E-state index in [1.807, 2.05) is 4.90 Å². The molecule has 0 bridgehead atoms. The molecule has 26 heavy (non-hydrogen) atoms. The normalized spacial score (nSPS) is 14.0. The summed E-state index contributed by atoms with van der Waals surface area (Å²) in [5.74, 6) is 0.893. The maximum absolute atomic E-state index is 12.1. The molecule has 1 aromatic rings. The van der Waals surface area contributed by atoms with E-state index in [0.29, 0.717) is 5.69 Å². The predicted octanol–water partition coefficient (Wildman–Crippen LogP) is 1.88. The van der Waals surface area contributed by atoms with E-state index in [1.54, 1.807) is 6.07 Å². The van der Waals surface area contributed by atoms with Gasteiger partial charge in [0, 0.05) is 19.2 Å². The molecule has 0 saturated carbocycles. The van der Waals surface area contributed by atoms with E-state index >= 15 is 0 Å². The summed E-state index contributed by atoms with van der Waals surface area (Å²) >= 11 is 0. The van der Waals surface area contributed by atoms with Crippen molar-refractivity contribution in [2.24, 2.45) is 0 Å². The van der Waals surface area contributed by atoms with E-state index in [-0.39, 0.29) is 17.8 Å². The number of nitrogens with zero attached hydrogens (tertiary/aromatic N) is 2. The second kappa shape index (κ2) is 9.42. The summed E-state index contributed by atoms with van der Waals surface area (Å²) in [4.78, 5) is 36.4. The van der Waals surface area contributed by atoms with Crippen LogP contribution in [0.5, 0.6) is 0 Å². The van der Waals surface area contributed by atoms with E-state index in [4.69, 9.17) is 11.2 Å². The molecule has 0 radical (unpaired) electrons.